The van der Waals surface area contributed by atoms with E-state index in [9.17, 15) is 4.79 Å². The predicted molar refractivity (Wildman–Crippen MR) is 123 cm³/mol. The topological polar surface area (TPSA) is 69.0 Å². The number of benzene rings is 2. The van der Waals surface area contributed by atoms with Crippen LogP contribution in [-0.4, -0.2) is 26.8 Å². The molecule has 158 valence electrons. The summed E-state index contributed by atoms with van der Waals surface area (Å²) >= 11 is 0. The number of rotatable bonds is 6. The van der Waals surface area contributed by atoms with Gasteiger partial charge in [-0.15, -0.1) is 0 Å². The molecule has 1 atom stereocenters. The van der Waals surface area contributed by atoms with E-state index in [1.165, 1.54) is 0 Å². The number of carbonyl (C=O) groups is 1. The Hall–Kier alpha value is -3.67. The molecular formula is C25H26N4O2. The van der Waals surface area contributed by atoms with Crippen LogP contribution < -0.4 is 10.1 Å². The number of hydrogen-bond donors (Lipinski definition) is 1. The van der Waals surface area contributed by atoms with E-state index in [0.717, 1.165) is 45.5 Å². The van der Waals surface area contributed by atoms with Crippen LogP contribution in [0.15, 0.2) is 60.7 Å². The number of amides is 1. The van der Waals surface area contributed by atoms with Crippen LogP contribution in [0.25, 0.3) is 22.2 Å². The number of fused-ring (bicyclic) bond motifs is 1. The molecule has 2 aromatic heterocycles. The fraction of sp³-hybridized carbons (Fsp3) is 0.240. The van der Waals surface area contributed by atoms with Crippen molar-refractivity contribution in [3.8, 4) is 17.0 Å². The van der Waals surface area contributed by atoms with Crippen LogP contribution in [0.2, 0.25) is 0 Å². The Morgan fingerprint density at radius 1 is 1.13 bits per heavy atom. The lowest BCUT2D eigenvalue weighted by Gasteiger charge is -2.16. The number of para-hydroxylation sites is 1. The Bertz CT molecular complexity index is 1230. The average molecular weight is 415 g/mol. The van der Waals surface area contributed by atoms with Crippen LogP contribution in [-0.2, 0) is 18.3 Å². The number of hydrogen-bond acceptors (Lipinski definition) is 4. The molecule has 31 heavy (non-hydrogen) atoms. The first-order chi connectivity index (χ1) is 15.0. The number of nitrogens with one attached hydrogen (secondary N) is 1. The van der Waals surface area contributed by atoms with E-state index in [1.54, 1.807) is 11.6 Å². The molecule has 0 aliphatic rings. The molecule has 1 N–H and O–H groups in total. The molecule has 0 radical (unpaired) electrons. The summed E-state index contributed by atoms with van der Waals surface area (Å²) < 4.78 is 7.73. The third-order valence-electron chi connectivity index (χ3n) is 5.35. The third kappa shape index (κ3) is 4.14. The van der Waals surface area contributed by atoms with Crippen LogP contribution in [0.1, 0.15) is 25.1 Å². The molecule has 1 amide bonds. The Morgan fingerprint density at radius 3 is 2.58 bits per heavy atom. The molecule has 0 unspecified atom stereocenters. The molecule has 0 saturated heterocycles. The van der Waals surface area contributed by atoms with Crippen molar-refractivity contribution in [2.45, 2.75) is 33.3 Å². The van der Waals surface area contributed by atoms with Gasteiger partial charge in [0.05, 0.1) is 11.1 Å². The molecule has 0 fully saturated rings. The predicted octanol–water partition coefficient (Wildman–Crippen LogP) is 4.91. The lowest BCUT2D eigenvalue weighted by Crippen LogP contribution is -2.30. The van der Waals surface area contributed by atoms with Crippen molar-refractivity contribution >= 4 is 22.6 Å². The molecule has 0 aliphatic carbocycles. The zero-order valence-corrected chi connectivity index (χ0v) is 18.2. The zero-order chi connectivity index (χ0) is 22.0. The fourth-order valence-corrected chi connectivity index (χ4v) is 3.75. The number of aryl methyl sites for hydroxylation is 3. The Morgan fingerprint density at radius 2 is 1.84 bits per heavy atom. The van der Waals surface area contributed by atoms with Crippen molar-refractivity contribution < 1.29 is 9.53 Å². The summed E-state index contributed by atoms with van der Waals surface area (Å²) in [6.07, 6.45) is 0.122. The molecule has 0 spiro atoms. The van der Waals surface area contributed by atoms with Crippen molar-refractivity contribution in [2.75, 3.05) is 5.32 Å². The molecule has 0 saturated carbocycles. The summed E-state index contributed by atoms with van der Waals surface area (Å²) in [5, 5.41) is 8.48. The standard InChI is InChI=1S/C25H26N4O2/c1-5-18-11-9-10-14-21(18)26-25(30)17(3)31-22-15-20(19-12-7-6-8-13-19)23-16(2)28-29(4)24(23)27-22/h6-15,17H,5H2,1-4H3,(H,26,30)/t17-/m1/s1. The maximum atomic E-state index is 12.8. The van der Waals surface area contributed by atoms with E-state index in [1.807, 2.05) is 74.6 Å². The van der Waals surface area contributed by atoms with Crippen LogP contribution in [0.4, 0.5) is 5.69 Å². The second-order valence-electron chi connectivity index (χ2n) is 7.54. The van der Waals surface area contributed by atoms with Crippen LogP contribution in [0, 0.1) is 6.92 Å². The molecular weight excluding hydrogens is 388 g/mol. The average Bonchev–Trinajstić information content (AvgIpc) is 3.07. The summed E-state index contributed by atoms with van der Waals surface area (Å²) in [6, 6.07) is 19.7. The Labute approximate surface area is 181 Å². The second kappa shape index (κ2) is 8.60. The molecule has 4 aromatic rings. The van der Waals surface area contributed by atoms with Crippen LogP contribution in [0.5, 0.6) is 5.88 Å². The monoisotopic (exact) mass is 414 g/mol. The lowest BCUT2D eigenvalue weighted by molar-refractivity contribution is -0.122. The van der Waals surface area contributed by atoms with Crippen molar-refractivity contribution in [3.63, 3.8) is 0 Å². The van der Waals surface area contributed by atoms with Gasteiger partial charge in [-0.2, -0.15) is 10.1 Å². The SMILES string of the molecule is CCc1ccccc1NC(=O)[C@@H](C)Oc1cc(-c2ccccc2)c2c(C)nn(C)c2n1. The van der Waals surface area contributed by atoms with Crippen molar-refractivity contribution in [3.05, 3.63) is 71.9 Å². The largest absolute Gasteiger partial charge is 0.464 e. The van der Waals surface area contributed by atoms with Crippen LogP contribution >= 0.6 is 0 Å². The summed E-state index contributed by atoms with van der Waals surface area (Å²) in [4.78, 5) is 17.4. The molecule has 0 aliphatic heterocycles. The van der Waals surface area contributed by atoms with Gasteiger partial charge in [0, 0.05) is 18.8 Å². The van der Waals surface area contributed by atoms with Crippen LogP contribution in [0.3, 0.4) is 0 Å². The van der Waals surface area contributed by atoms with Gasteiger partial charge >= 0.3 is 0 Å². The van der Waals surface area contributed by atoms with Gasteiger partial charge in [0.1, 0.15) is 0 Å². The van der Waals surface area contributed by atoms with Crippen molar-refractivity contribution in [1.82, 2.24) is 14.8 Å². The van der Waals surface area contributed by atoms with Crippen molar-refractivity contribution in [2.24, 2.45) is 7.05 Å². The highest BCUT2D eigenvalue weighted by Gasteiger charge is 2.20. The van der Waals surface area contributed by atoms with Crippen molar-refractivity contribution in [1.29, 1.82) is 0 Å². The number of anilines is 1. The first kappa shape index (κ1) is 20.6. The van der Waals surface area contributed by atoms with E-state index in [-0.39, 0.29) is 5.91 Å². The minimum atomic E-state index is -0.715. The maximum absolute atomic E-state index is 12.8. The molecule has 0 bridgehead atoms. The molecule has 4 rings (SSSR count). The minimum Gasteiger partial charge on any atom is -0.464 e. The van der Waals surface area contributed by atoms with Gasteiger partial charge in [0.2, 0.25) is 5.88 Å². The highest BCUT2D eigenvalue weighted by molar-refractivity contribution is 5.96. The van der Waals surface area contributed by atoms with Gasteiger partial charge in [0.25, 0.3) is 5.91 Å². The van der Waals surface area contributed by atoms with Gasteiger partial charge in [-0.05, 0) is 43.0 Å². The smallest absolute Gasteiger partial charge is 0.265 e. The summed E-state index contributed by atoms with van der Waals surface area (Å²) in [6.45, 7) is 5.76. The molecule has 6 heteroatoms. The fourth-order valence-electron chi connectivity index (χ4n) is 3.75. The van der Waals surface area contributed by atoms with Gasteiger partial charge < -0.3 is 10.1 Å². The number of aromatic nitrogens is 3. The number of pyridine rings is 1. The number of carbonyl (C=O) groups excluding carboxylic acids is 1. The Balaban J connectivity index is 1.65. The van der Waals surface area contributed by atoms with Gasteiger partial charge in [-0.1, -0.05) is 55.5 Å². The maximum Gasteiger partial charge on any atom is 0.265 e. The number of ether oxygens (including phenoxy) is 1. The normalized spacial score (nSPS) is 12.0. The highest BCUT2D eigenvalue weighted by Crippen LogP contribution is 2.33. The highest BCUT2D eigenvalue weighted by atomic mass is 16.5. The molecule has 6 nitrogen and oxygen atoms in total. The number of nitrogens with zero attached hydrogens (tertiary/aromatic N) is 3. The van der Waals surface area contributed by atoms with Gasteiger partial charge in [0.15, 0.2) is 11.8 Å². The summed E-state index contributed by atoms with van der Waals surface area (Å²) in [5.41, 5.74) is 5.54. The van der Waals surface area contributed by atoms with E-state index < -0.39 is 6.10 Å². The molecule has 2 heterocycles. The minimum absolute atomic E-state index is 0.217. The van der Waals surface area contributed by atoms with E-state index >= 15 is 0 Å². The first-order valence-electron chi connectivity index (χ1n) is 10.4. The Kier molecular flexibility index (Phi) is 5.71. The third-order valence-corrected chi connectivity index (χ3v) is 5.35. The first-order valence-corrected chi connectivity index (χ1v) is 10.4. The van der Waals surface area contributed by atoms with Gasteiger partial charge in [-0.25, -0.2) is 0 Å². The molecule has 2 aromatic carbocycles. The van der Waals surface area contributed by atoms with E-state index in [4.69, 9.17) is 4.74 Å². The lowest BCUT2D eigenvalue weighted by atomic mass is 10.0. The summed E-state index contributed by atoms with van der Waals surface area (Å²) in [7, 11) is 1.86. The van der Waals surface area contributed by atoms with E-state index in [2.05, 4.69) is 22.3 Å². The second-order valence-corrected chi connectivity index (χ2v) is 7.54. The summed E-state index contributed by atoms with van der Waals surface area (Å²) in [5.74, 6) is 0.172. The van der Waals surface area contributed by atoms with Gasteiger partial charge in [-0.3, -0.25) is 9.48 Å². The quantitative estimate of drug-likeness (QED) is 0.487. The zero-order valence-electron chi connectivity index (χ0n) is 18.2. The van der Waals surface area contributed by atoms with E-state index in [0.29, 0.717) is 5.88 Å².